The van der Waals surface area contributed by atoms with Gasteiger partial charge in [-0.25, -0.2) is 14.5 Å². The number of benzene rings is 1. The molecule has 2 heterocycles. The number of amides is 4. The van der Waals surface area contributed by atoms with E-state index in [2.05, 4.69) is 10.3 Å². The highest BCUT2D eigenvalue weighted by Gasteiger charge is 2.34. The quantitative estimate of drug-likeness (QED) is 0.948. The van der Waals surface area contributed by atoms with Crippen LogP contribution in [0.1, 0.15) is 18.7 Å². The number of aromatic nitrogens is 1. The molecule has 0 saturated carbocycles. The maximum Gasteiger partial charge on any atom is 0.333 e. The van der Waals surface area contributed by atoms with Crippen LogP contribution in [0, 0.1) is 0 Å². The van der Waals surface area contributed by atoms with Crippen LogP contribution in [0.25, 0.3) is 0 Å². The molecule has 1 N–H and O–H groups in total. The minimum atomic E-state index is -0.357. The third-order valence-corrected chi connectivity index (χ3v) is 3.83. The van der Waals surface area contributed by atoms with E-state index in [0.29, 0.717) is 13.1 Å². The second-order valence-corrected chi connectivity index (χ2v) is 5.30. The van der Waals surface area contributed by atoms with Gasteiger partial charge < -0.3 is 5.32 Å². The van der Waals surface area contributed by atoms with E-state index in [1.807, 2.05) is 55.5 Å². The summed E-state index contributed by atoms with van der Waals surface area (Å²) in [5, 5.41) is 2.66. The number of pyridine rings is 1. The fourth-order valence-corrected chi connectivity index (χ4v) is 2.63. The predicted molar refractivity (Wildman–Crippen MR) is 87.1 cm³/mol. The molecule has 1 aromatic heterocycles. The molecule has 1 unspecified atom stereocenters. The lowest BCUT2D eigenvalue weighted by molar-refractivity contribution is 0.201. The molecule has 0 bridgehead atoms. The minimum absolute atomic E-state index is 0.292. The first-order valence-electron chi connectivity index (χ1n) is 7.53. The molecule has 4 amide bonds. The first kappa shape index (κ1) is 15.0. The van der Waals surface area contributed by atoms with Crippen molar-refractivity contribution in [1.82, 2.24) is 15.2 Å². The van der Waals surface area contributed by atoms with E-state index in [4.69, 9.17) is 0 Å². The van der Waals surface area contributed by atoms with E-state index < -0.39 is 0 Å². The summed E-state index contributed by atoms with van der Waals surface area (Å²) in [4.78, 5) is 32.0. The van der Waals surface area contributed by atoms with Gasteiger partial charge in [0, 0.05) is 25.0 Å². The lowest BCUT2D eigenvalue weighted by Gasteiger charge is -2.31. The Morgan fingerprint density at radius 2 is 1.96 bits per heavy atom. The average molecular weight is 310 g/mol. The minimum Gasteiger partial charge on any atom is -0.336 e. The number of anilines is 1. The van der Waals surface area contributed by atoms with Gasteiger partial charge in [0.15, 0.2) is 0 Å². The number of carbonyl (C=O) groups is 2. The average Bonchev–Trinajstić information content (AvgIpc) is 3.03. The molecule has 1 saturated heterocycles. The number of imide groups is 1. The van der Waals surface area contributed by atoms with Gasteiger partial charge in [-0.05, 0) is 31.2 Å². The second-order valence-electron chi connectivity index (χ2n) is 5.30. The number of carbonyl (C=O) groups excluding carboxylic acids is 2. The number of para-hydroxylation sites is 1. The SMILES string of the molecule is CC(c1ccccn1)N(C(=O)N1CCNC1=O)c1ccccc1. The van der Waals surface area contributed by atoms with Crippen LogP contribution in [0.3, 0.4) is 0 Å². The van der Waals surface area contributed by atoms with Crippen molar-refractivity contribution < 1.29 is 9.59 Å². The van der Waals surface area contributed by atoms with Crippen LogP contribution >= 0.6 is 0 Å². The van der Waals surface area contributed by atoms with Gasteiger partial charge in [0.2, 0.25) is 0 Å². The van der Waals surface area contributed by atoms with E-state index in [-0.39, 0.29) is 18.1 Å². The van der Waals surface area contributed by atoms with Crippen molar-refractivity contribution in [2.75, 3.05) is 18.0 Å². The number of hydrogen-bond donors (Lipinski definition) is 1. The zero-order valence-electron chi connectivity index (χ0n) is 12.8. The summed E-state index contributed by atoms with van der Waals surface area (Å²) in [6.07, 6.45) is 1.70. The van der Waals surface area contributed by atoms with Crippen LogP contribution in [-0.4, -0.2) is 35.0 Å². The van der Waals surface area contributed by atoms with E-state index in [1.165, 1.54) is 4.90 Å². The zero-order chi connectivity index (χ0) is 16.2. The maximum absolute atomic E-state index is 12.9. The first-order valence-corrected chi connectivity index (χ1v) is 7.53. The normalized spacial score (nSPS) is 15.2. The monoisotopic (exact) mass is 310 g/mol. The summed E-state index contributed by atoms with van der Waals surface area (Å²) in [5.41, 5.74) is 1.50. The van der Waals surface area contributed by atoms with Gasteiger partial charge in [-0.2, -0.15) is 0 Å². The second kappa shape index (κ2) is 6.48. The summed E-state index contributed by atoms with van der Waals surface area (Å²) in [7, 11) is 0. The standard InChI is InChI=1S/C17H18N4O2/c1-13(15-9-5-6-10-18-15)21(14-7-3-2-4-8-14)17(23)20-12-11-19-16(20)22/h2-10,13H,11-12H2,1H3,(H,19,22). The summed E-state index contributed by atoms with van der Waals surface area (Å²) in [5.74, 6) is 0. The molecular weight excluding hydrogens is 292 g/mol. The molecule has 1 fully saturated rings. The number of nitrogens with zero attached hydrogens (tertiary/aromatic N) is 3. The Hall–Kier alpha value is -2.89. The molecule has 3 rings (SSSR count). The van der Waals surface area contributed by atoms with Crippen LogP contribution in [0.2, 0.25) is 0 Å². The Morgan fingerprint density at radius 3 is 2.57 bits per heavy atom. The third-order valence-electron chi connectivity index (χ3n) is 3.83. The van der Waals surface area contributed by atoms with Crippen LogP contribution in [-0.2, 0) is 0 Å². The Balaban J connectivity index is 1.97. The molecule has 6 heteroatoms. The van der Waals surface area contributed by atoms with Gasteiger partial charge in [0.05, 0.1) is 11.7 Å². The Labute approximate surface area is 134 Å². The van der Waals surface area contributed by atoms with Gasteiger partial charge in [-0.15, -0.1) is 0 Å². The number of hydrogen-bond acceptors (Lipinski definition) is 3. The zero-order valence-corrected chi connectivity index (χ0v) is 12.8. The molecule has 1 aliphatic heterocycles. The van der Waals surface area contributed by atoms with Gasteiger partial charge >= 0.3 is 12.1 Å². The highest BCUT2D eigenvalue weighted by atomic mass is 16.2. The van der Waals surface area contributed by atoms with Crippen molar-refractivity contribution in [2.45, 2.75) is 13.0 Å². The number of rotatable bonds is 3. The van der Waals surface area contributed by atoms with Crippen molar-refractivity contribution >= 4 is 17.7 Å². The highest BCUT2D eigenvalue weighted by Crippen LogP contribution is 2.27. The molecular formula is C17H18N4O2. The Morgan fingerprint density at radius 1 is 1.22 bits per heavy atom. The van der Waals surface area contributed by atoms with Gasteiger partial charge in [0.1, 0.15) is 0 Å². The first-order chi connectivity index (χ1) is 11.2. The molecule has 118 valence electrons. The van der Waals surface area contributed by atoms with E-state index in [0.717, 1.165) is 11.4 Å². The molecule has 0 spiro atoms. The largest absolute Gasteiger partial charge is 0.336 e. The fraction of sp³-hybridized carbons (Fsp3) is 0.235. The van der Waals surface area contributed by atoms with Gasteiger partial charge in [0.25, 0.3) is 0 Å². The van der Waals surface area contributed by atoms with E-state index >= 15 is 0 Å². The van der Waals surface area contributed by atoms with Crippen molar-refractivity contribution in [3.05, 3.63) is 60.4 Å². The summed E-state index contributed by atoms with van der Waals surface area (Å²) in [6, 6.07) is 13.9. The maximum atomic E-state index is 12.9. The van der Waals surface area contributed by atoms with Crippen molar-refractivity contribution in [1.29, 1.82) is 0 Å². The van der Waals surface area contributed by atoms with E-state index in [1.54, 1.807) is 11.1 Å². The summed E-state index contributed by atoms with van der Waals surface area (Å²) < 4.78 is 0. The van der Waals surface area contributed by atoms with Gasteiger partial charge in [-0.3, -0.25) is 9.88 Å². The molecule has 1 aromatic carbocycles. The van der Waals surface area contributed by atoms with Crippen molar-refractivity contribution in [2.24, 2.45) is 0 Å². The lowest BCUT2D eigenvalue weighted by Crippen LogP contribution is -2.46. The van der Waals surface area contributed by atoms with Crippen LogP contribution in [0.15, 0.2) is 54.7 Å². The third kappa shape index (κ3) is 3.01. The molecule has 1 atom stereocenters. The number of nitrogens with one attached hydrogen (secondary N) is 1. The molecule has 0 aliphatic carbocycles. The predicted octanol–water partition coefficient (Wildman–Crippen LogP) is 2.79. The molecule has 2 aromatic rings. The van der Waals surface area contributed by atoms with Crippen LogP contribution in [0.4, 0.5) is 15.3 Å². The molecule has 6 nitrogen and oxygen atoms in total. The Kier molecular flexibility index (Phi) is 4.23. The highest BCUT2D eigenvalue weighted by molar-refractivity contribution is 6.03. The smallest absolute Gasteiger partial charge is 0.333 e. The van der Waals surface area contributed by atoms with Gasteiger partial charge in [-0.1, -0.05) is 24.3 Å². The summed E-state index contributed by atoms with van der Waals surface area (Å²) >= 11 is 0. The number of urea groups is 2. The topological polar surface area (TPSA) is 65.5 Å². The van der Waals surface area contributed by atoms with E-state index in [9.17, 15) is 9.59 Å². The lowest BCUT2D eigenvalue weighted by atomic mass is 10.1. The van der Waals surface area contributed by atoms with Crippen molar-refractivity contribution in [3.63, 3.8) is 0 Å². The molecule has 23 heavy (non-hydrogen) atoms. The molecule has 0 radical (unpaired) electrons. The van der Waals surface area contributed by atoms with Crippen LogP contribution < -0.4 is 10.2 Å². The van der Waals surface area contributed by atoms with Crippen molar-refractivity contribution in [3.8, 4) is 0 Å². The fourth-order valence-electron chi connectivity index (χ4n) is 2.63. The summed E-state index contributed by atoms with van der Waals surface area (Å²) in [6.45, 7) is 2.75. The van der Waals surface area contributed by atoms with Crippen LogP contribution in [0.5, 0.6) is 0 Å². The molecule has 1 aliphatic rings. The Bertz CT molecular complexity index is 690.